The van der Waals surface area contributed by atoms with Crippen molar-refractivity contribution in [3.63, 3.8) is 0 Å². The fourth-order valence-corrected chi connectivity index (χ4v) is 4.69. The second-order valence-corrected chi connectivity index (χ2v) is 8.61. The molecule has 4 rings (SSSR count). The van der Waals surface area contributed by atoms with E-state index in [1.54, 1.807) is 7.11 Å². The lowest BCUT2D eigenvalue weighted by atomic mass is 9.90. The molecule has 1 spiro atoms. The number of anilines is 1. The highest BCUT2D eigenvalue weighted by atomic mass is 16.5. The molecule has 148 valence electrons. The minimum atomic E-state index is 0.177. The van der Waals surface area contributed by atoms with E-state index in [2.05, 4.69) is 54.4 Å². The number of benzene rings is 2. The van der Waals surface area contributed by atoms with Crippen LogP contribution in [0.4, 0.5) is 5.69 Å². The van der Waals surface area contributed by atoms with E-state index in [1.807, 2.05) is 12.1 Å². The summed E-state index contributed by atoms with van der Waals surface area (Å²) in [7, 11) is 1.70. The molecule has 1 saturated carbocycles. The molecule has 1 N–H and O–H groups in total. The number of rotatable bonds is 5. The van der Waals surface area contributed by atoms with E-state index in [0.29, 0.717) is 0 Å². The van der Waals surface area contributed by atoms with Crippen LogP contribution in [0.5, 0.6) is 5.75 Å². The van der Waals surface area contributed by atoms with E-state index < -0.39 is 0 Å². The number of carbonyl (C=O) groups is 1. The van der Waals surface area contributed by atoms with Crippen molar-refractivity contribution in [3.05, 3.63) is 59.2 Å². The Balaban J connectivity index is 1.29. The van der Waals surface area contributed by atoms with Crippen LogP contribution in [0.3, 0.4) is 0 Å². The van der Waals surface area contributed by atoms with Crippen LogP contribution in [-0.2, 0) is 11.3 Å². The first kappa shape index (κ1) is 19.0. The largest absolute Gasteiger partial charge is 0.497 e. The summed E-state index contributed by atoms with van der Waals surface area (Å²) >= 11 is 0. The molecule has 1 atom stereocenters. The number of methoxy groups -OCH3 is 1. The van der Waals surface area contributed by atoms with Gasteiger partial charge in [-0.3, -0.25) is 9.69 Å². The number of hydrogen-bond acceptors (Lipinski definition) is 3. The normalized spacial score (nSPS) is 20.8. The SMILES string of the molecule is COc1ccc(CN2CCC3(CC2)CC3C(=O)Nc2cc(C)cc(C)c2)cc1. The van der Waals surface area contributed by atoms with Crippen molar-refractivity contribution in [3.8, 4) is 5.75 Å². The average Bonchev–Trinajstić information content (AvgIpc) is 3.37. The second kappa shape index (κ2) is 7.59. The molecule has 0 bridgehead atoms. The van der Waals surface area contributed by atoms with Crippen LogP contribution in [0.15, 0.2) is 42.5 Å². The highest BCUT2D eigenvalue weighted by molar-refractivity contribution is 5.95. The third-order valence-corrected chi connectivity index (χ3v) is 6.41. The van der Waals surface area contributed by atoms with Gasteiger partial charge in [-0.25, -0.2) is 0 Å². The van der Waals surface area contributed by atoms with Gasteiger partial charge in [-0.1, -0.05) is 18.2 Å². The smallest absolute Gasteiger partial charge is 0.228 e. The van der Waals surface area contributed by atoms with Crippen LogP contribution in [0.2, 0.25) is 0 Å². The van der Waals surface area contributed by atoms with Gasteiger partial charge in [0.2, 0.25) is 5.91 Å². The third-order valence-electron chi connectivity index (χ3n) is 6.41. The summed E-state index contributed by atoms with van der Waals surface area (Å²) in [6, 6.07) is 14.6. The molecule has 4 nitrogen and oxygen atoms in total. The lowest BCUT2D eigenvalue weighted by Gasteiger charge is -2.32. The Morgan fingerprint density at radius 2 is 1.75 bits per heavy atom. The maximum Gasteiger partial charge on any atom is 0.228 e. The zero-order chi connectivity index (χ0) is 19.7. The predicted molar refractivity (Wildman–Crippen MR) is 113 cm³/mol. The number of piperidine rings is 1. The Labute approximate surface area is 167 Å². The molecule has 2 aromatic rings. The molecular formula is C24H30N2O2. The Morgan fingerprint density at radius 1 is 1.11 bits per heavy atom. The molecule has 2 aromatic carbocycles. The lowest BCUT2D eigenvalue weighted by Crippen LogP contribution is -2.35. The number of hydrogen-bond donors (Lipinski definition) is 1. The average molecular weight is 379 g/mol. The number of carbonyl (C=O) groups excluding carboxylic acids is 1. The van der Waals surface area contributed by atoms with Gasteiger partial charge in [0.1, 0.15) is 5.75 Å². The van der Waals surface area contributed by atoms with Gasteiger partial charge in [-0.2, -0.15) is 0 Å². The number of nitrogens with zero attached hydrogens (tertiary/aromatic N) is 1. The molecular weight excluding hydrogens is 348 g/mol. The molecule has 4 heteroatoms. The minimum Gasteiger partial charge on any atom is -0.497 e. The number of aryl methyl sites for hydroxylation is 2. The zero-order valence-corrected chi connectivity index (χ0v) is 17.1. The maximum atomic E-state index is 12.8. The van der Waals surface area contributed by atoms with Crippen LogP contribution in [-0.4, -0.2) is 31.0 Å². The summed E-state index contributed by atoms with van der Waals surface area (Å²) in [6.07, 6.45) is 3.28. The minimum absolute atomic E-state index is 0.177. The van der Waals surface area contributed by atoms with Crippen LogP contribution >= 0.6 is 0 Å². The molecule has 28 heavy (non-hydrogen) atoms. The molecule has 2 aliphatic rings. The van der Waals surface area contributed by atoms with Crippen molar-refractivity contribution in [1.29, 1.82) is 0 Å². The van der Waals surface area contributed by atoms with Gasteiger partial charge < -0.3 is 10.1 Å². The van der Waals surface area contributed by atoms with Gasteiger partial charge in [0.05, 0.1) is 7.11 Å². The lowest BCUT2D eigenvalue weighted by molar-refractivity contribution is -0.118. The van der Waals surface area contributed by atoms with Crippen LogP contribution in [0.25, 0.3) is 0 Å². The van der Waals surface area contributed by atoms with Gasteiger partial charge in [0.15, 0.2) is 0 Å². The van der Waals surface area contributed by atoms with Crippen LogP contribution in [0, 0.1) is 25.2 Å². The number of likely N-dealkylation sites (tertiary alicyclic amines) is 1. The predicted octanol–water partition coefficient (Wildman–Crippen LogP) is 4.55. The van der Waals surface area contributed by atoms with Crippen molar-refractivity contribution in [2.24, 2.45) is 11.3 Å². The monoisotopic (exact) mass is 378 g/mol. The molecule has 2 fully saturated rings. The van der Waals surface area contributed by atoms with Crippen molar-refractivity contribution in [1.82, 2.24) is 4.90 Å². The van der Waals surface area contributed by atoms with E-state index in [1.165, 1.54) is 16.7 Å². The fourth-order valence-electron chi connectivity index (χ4n) is 4.69. The van der Waals surface area contributed by atoms with E-state index in [4.69, 9.17) is 4.74 Å². The number of nitrogens with one attached hydrogen (secondary N) is 1. The highest BCUT2D eigenvalue weighted by Crippen LogP contribution is 2.59. The second-order valence-electron chi connectivity index (χ2n) is 8.61. The van der Waals surface area contributed by atoms with Crippen LogP contribution in [0.1, 0.15) is 36.0 Å². The van der Waals surface area contributed by atoms with Gasteiger partial charge in [-0.15, -0.1) is 0 Å². The van der Waals surface area contributed by atoms with Gasteiger partial charge >= 0.3 is 0 Å². The van der Waals surface area contributed by atoms with Crippen molar-refractivity contribution >= 4 is 11.6 Å². The maximum absolute atomic E-state index is 12.8. The Hall–Kier alpha value is -2.33. The Kier molecular flexibility index (Phi) is 5.15. The summed E-state index contributed by atoms with van der Waals surface area (Å²) in [4.78, 5) is 15.3. The molecule has 1 amide bonds. The Bertz CT molecular complexity index is 831. The summed E-state index contributed by atoms with van der Waals surface area (Å²) in [5.41, 5.74) is 4.86. The van der Waals surface area contributed by atoms with E-state index >= 15 is 0 Å². The summed E-state index contributed by atoms with van der Waals surface area (Å²) in [6.45, 7) is 7.25. The third kappa shape index (κ3) is 4.07. The molecule has 1 heterocycles. The number of amides is 1. The van der Waals surface area contributed by atoms with Gasteiger partial charge in [-0.05, 0) is 92.6 Å². The van der Waals surface area contributed by atoms with Crippen molar-refractivity contribution in [2.45, 2.75) is 39.7 Å². The zero-order valence-electron chi connectivity index (χ0n) is 17.1. The number of ether oxygens (including phenoxy) is 1. The van der Waals surface area contributed by atoms with Gasteiger partial charge in [0.25, 0.3) is 0 Å². The van der Waals surface area contributed by atoms with Crippen molar-refractivity contribution < 1.29 is 9.53 Å². The van der Waals surface area contributed by atoms with E-state index in [0.717, 1.165) is 50.3 Å². The standard InChI is InChI=1S/C24H30N2O2/c1-17-12-18(2)14-20(13-17)25-23(27)22-15-24(22)8-10-26(11-9-24)16-19-4-6-21(28-3)7-5-19/h4-7,12-14,22H,8-11,15-16H2,1-3H3,(H,25,27). The van der Waals surface area contributed by atoms with Crippen molar-refractivity contribution in [2.75, 3.05) is 25.5 Å². The molecule has 1 aliphatic carbocycles. The summed E-state index contributed by atoms with van der Waals surface area (Å²) in [5.74, 6) is 1.28. The molecule has 0 aromatic heterocycles. The van der Waals surface area contributed by atoms with Gasteiger partial charge in [0, 0.05) is 18.2 Å². The highest BCUT2D eigenvalue weighted by Gasteiger charge is 2.58. The molecule has 0 radical (unpaired) electrons. The first-order valence-electron chi connectivity index (χ1n) is 10.2. The molecule has 1 unspecified atom stereocenters. The first-order chi connectivity index (χ1) is 13.5. The molecule has 1 aliphatic heterocycles. The topological polar surface area (TPSA) is 41.6 Å². The van der Waals surface area contributed by atoms with E-state index in [9.17, 15) is 4.79 Å². The van der Waals surface area contributed by atoms with Crippen LogP contribution < -0.4 is 10.1 Å². The Morgan fingerprint density at radius 3 is 2.36 bits per heavy atom. The summed E-state index contributed by atoms with van der Waals surface area (Å²) in [5, 5.41) is 3.15. The fraction of sp³-hybridized carbons (Fsp3) is 0.458. The summed E-state index contributed by atoms with van der Waals surface area (Å²) < 4.78 is 5.23. The first-order valence-corrected chi connectivity index (χ1v) is 10.2. The van der Waals surface area contributed by atoms with E-state index in [-0.39, 0.29) is 17.2 Å². The quantitative estimate of drug-likeness (QED) is 0.830. The molecule has 1 saturated heterocycles.